The van der Waals surface area contributed by atoms with E-state index in [-0.39, 0.29) is 5.75 Å². The maximum absolute atomic E-state index is 9.67. The molecule has 2 rings (SSSR count). The Labute approximate surface area is 103 Å². The van der Waals surface area contributed by atoms with Gasteiger partial charge in [-0.05, 0) is 45.5 Å². The first-order valence-corrected chi connectivity index (χ1v) is 6.23. The smallest absolute Gasteiger partial charge is 0.138 e. The largest absolute Gasteiger partial charge is 0.506 e. The molecule has 94 valence electrons. The number of likely N-dealkylation sites (tertiary alicyclic amines) is 1. The van der Waals surface area contributed by atoms with Crippen LogP contribution in [0.3, 0.4) is 0 Å². The molecule has 4 heteroatoms. The minimum Gasteiger partial charge on any atom is -0.506 e. The lowest BCUT2D eigenvalue weighted by Gasteiger charge is -2.19. The molecule has 2 heterocycles. The fourth-order valence-electron chi connectivity index (χ4n) is 2.33. The van der Waals surface area contributed by atoms with Crippen LogP contribution >= 0.6 is 0 Å². The van der Waals surface area contributed by atoms with Crippen molar-refractivity contribution in [3.8, 4) is 5.75 Å². The van der Waals surface area contributed by atoms with E-state index in [1.54, 1.807) is 6.07 Å². The Balaban J connectivity index is 1.83. The quantitative estimate of drug-likeness (QED) is 0.825. The highest BCUT2D eigenvalue weighted by atomic mass is 16.3. The van der Waals surface area contributed by atoms with E-state index in [1.807, 2.05) is 13.0 Å². The molecule has 2 N–H and O–H groups in total. The van der Waals surface area contributed by atoms with Gasteiger partial charge in [-0.25, -0.2) is 0 Å². The molecule has 1 saturated heterocycles. The number of nitrogens with zero attached hydrogens (tertiary/aromatic N) is 2. The van der Waals surface area contributed by atoms with Gasteiger partial charge in [0.05, 0.1) is 5.69 Å². The maximum atomic E-state index is 9.67. The van der Waals surface area contributed by atoms with E-state index < -0.39 is 0 Å². The zero-order valence-electron chi connectivity index (χ0n) is 10.6. The SMILES string of the molecule is Cc1ccc(O)c(CNC[C@@H]2CCCN2C)n1. The van der Waals surface area contributed by atoms with E-state index in [9.17, 15) is 5.11 Å². The summed E-state index contributed by atoms with van der Waals surface area (Å²) in [5.74, 6) is 0.280. The van der Waals surface area contributed by atoms with Gasteiger partial charge in [0.15, 0.2) is 0 Å². The molecule has 1 fully saturated rings. The van der Waals surface area contributed by atoms with Crippen LogP contribution in [-0.4, -0.2) is 41.2 Å². The van der Waals surface area contributed by atoms with Crippen LogP contribution in [0.5, 0.6) is 5.75 Å². The molecule has 1 aliphatic heterocycles. The molecule has 17 heavy (non-hydrogen) atoms. The van der Waals surface area contributed by atoms with Crippen molar-refractivity contribution in [3.05, 3.63) is 23.5 Å². The fourth-order valence-corrected chi connectivity index (χ4v) is 2.33. The third kappa shape index (κ3) is 3.17. The van der Waals surface area contributed by atoms with Crippen LogP contribution in [0.4, 0.5) is 0 Å². The standard InChI is InChI=1S/C13H21N3O/c1-10-5-6-13(17)12(15-10)9-14-8-11-4-3-7-16(11)2/h5-6,11,14,17H,3-4,7-9H2,1-2H3/t11-/m0/s1. The van der Waals surface area contributed by atoms with Crippen molar-refractivity contribution >= 4 is 0 Å². The van der Waals surface area contributed by atoms with Crippen molar-refractivity contribution < 1.29 is 5.11 Å². The molecule has 0 bridgehead atoms. The second-order valence-corrected chi connectivity index (χ2v) is 4.83. The summed E-state index contributed by atoms with van der Waals surface area (Å²) in [5.41, 5.74) is 1.68. The van der Waals surface area contributed by atoms with Gasteiger partial charge in [0.1, 0.15) is 5.75 Å². The predicted molar refractivity (Wildman–Crippen MR) is 68.0 cm³/mol. The molecule has 0 aliphatic carbocycles. The normalized spacial score (nSPS) is 20.9. The highest BCUT2D eigenvalue weighted by molar-refractivity contribution is 5.27. The Morgan fingerprint density at radius 3 is 3.06 bits per heavy atom. The van der Waals surface area contributed by atoms with Crippen LogP contribution in [0.15, 0.2) is 12.1 Å². The summed E-state index contributed by atoms with van der Waals surface area (Å²) in [7, 11) is 2.17. The van der Waals surface area contributed by atoms with Crippen LogP contribution in [0, 0.1) is 6.92 Å². The van der Waals surface area contributed by atoms with Crippen molar-refractivity contribution in [2.75, 3.05) is 20.1 Å². The number of nitrogens with one attached hydrogen (secondary N) is 1. The first-order chi connectivity index (χ1) is 8.16. The molecule has 0 spiro atoms. The zero-order chi connectivity index (χ0) is 12.3. The average molecular weight is 235 g/mol. The molecule has 0 unspecified atom stereocenters. The number of pyridine rings is 1. The Morgan fingerprint density at radius 1 is 1.53 bits per heavy atom. The lowest BCUT2D eigenvalue weighted by Crippen LogP contribution is -2.35. The molecule has 1 atom stereocenters. The summed E-state index contributed by atoms with van der Waals surface area (Å²) in [5, 5.41) is 13.0. The van der Waals surface area contributed by atoms with Gasteiger partial charge in [-0.1, -0.05) is 0 Å². The number of hydrogen-bond donors (Lipinski definition) is 2. The second kappa shape index (κ2) is 5.47. The van der Waals surface area contributed by atoms with Crippen LogP contribution in [0.2, 0.25) is 0 Å². The van der Waals surface area contributed by atoms with E-state index in [0.717, 1.165) is 17.9 Å². The van der Waals surface area contributed by atoms with Crippen LogP contribution in [-0.2, 0) is 6.54 Å². The maximum Gasteiger partial charge on any atom is 0.138 e. The predicted octanol–water partition coefficient (Wildman–Crippen LogP) is 1.28. The second-order valence-electron chi connectivity index (χ2n) is 4.83. The van der Waals surface area contributed by atoms with Gasteiger partial charge in [-0.2, -0.15) is 0 Å². The number of aromatic nitrogens is 1. The van der Waals surface area contributed by atoms with E-state index in [1.165, 1.54) is 19.4 Å². The van der Waals surface area contributed by atoms with Crippen molar-refractivity contribution in [3.63, 3.8) is 0 Å². The molecule has 0 radical (unpaired) electrons. The minimum absolute atomic E-state index is 0.280. The summed E-state index contributed by atoms with van der Waals surface area (Å²) in [4.78, 5) is 6.72. The van der Waals surface area contributed by atoms with Gasteiger partial charge in [-0.15, -0.1) is 0 Å². The van der Waals surface area contributed by atoms with Crippen LogP contribution in [0.25, 0.3) is 0 Å². The van der Waals surface area contributed by atoms with E-state index in [4.69, 9.17) is 0 Å². The van der Waals surface area contributed by atoms with E-state index >= 15 is 0 Å². The molecule has 1 aliphatic rings. The molecule has 1 aromatic heterocycles. The van der Waals surface area contributed by atoms with E-state index in [0.29, 0.717) is 12.6 Å². The van der Waals surface area contributed by atoms with Gasteiger partial charge < -0.3 is 15.3 Å². The first-order valence-electron chi connectivity index (χ1n) is 6.23. The molecule has 4 nitrogen and oxygen atoms in total. The van der Waals surface area contributed by atoms with Crippen molar-refractivity contribution in [2.45, 2.75) is 32.4 Å². The van der Waals surface area contributed by atoms with Crippen molar-refractivity contribution in [2.24, 2.45) is 0 Å². The van der Waals surface area contributed by atoms with Crippen LogP contribution < -0.4 is 5.32 Å². The lowest BCUT2D eigenvalue weighted by atomic mass is 10.2. The molecule has 1 aromatic rings. The highest BCUT2D eigenvalue weighted by Gasteiger charge is 2.20. The Hall–Kier alpha value is -1.13. The number of rotatable bonds is 4. The third-order valence-electron chi connectivity index (χ3n) is 3.43. The fraction of sp³-hybridized carbons (Fsp3) is 0.615. The summed E-state index contributed by atoms with van der Waals surface area (Å²) in [6.45, 7) is 4.73. The molecule has 0 saturated carbocycles. The highest BCUT2D eigenvalue weighted by Crippen LogP contribution is 2.16. The van der Waals surface area contributed by atoms with E-state index in [2.05, 4.69) is 22.2 Å². The number of likely N-dealkylation sites (N-methyl/N-ethyl adjacent to an activating group) is 1. The Bertz CT molecular complexity index is 381. The lowest BCUT2D eigenvalue weighted by molar-refractivity contribution is 0.299. The first kappa shape index (κ1) is 12.3. The molecular weight excluding hydrogens is 214 g/mol. The van der Waals surface area contributed by atoms with Crippen molar-refractivity contribution in [1.29, 1.82) is 0 Å². The van der Waals surface area contributed by atoms with Gasteiger partial charge in [0.25, 0.3) is 0 Å². The van der Waals surface area contributed by atoms with Crippen molar-refractivity contribution in [1.82, 2.24) is 15.2 Å². The topological polar surface area (TPSA) is 48.4 Å². The molecule has 0 aromatic carbocycles. The van der Waals surface area contributed by atoms with Gasteiger partial charge in [0, 0.05) is 24.8 Å². The average Bonchev–Trinajstić information content (AvgIpc) is 2.70. The summed E-state index contributed by atoms with van der Waals surface area (Å²) < 4.78 is 0. The third-order valence-corrected chi connectivity index (χ3v) is 3.43. The number of aryl methyl sites for hydroxylation is 1. The number of aromatic hydroxyl groups is 1. The van der Waals surface area contributed by atoms with Gasteiger partial charge in [-0.3, -0.25) is 4.98 Å². The Morgan fingerprint density at radius 2 is 2.35 bits per heavy atom. The minimum atomic E-state index is 0.280. The zero-order valence-corrected chi connectivity index (χ0v) is 10.6. The number of hydrogen-bond acceptors (Lipinski definition) is 4. The summed E-state index contributed by atoms with van der Waals surface area (Å²) in [6, 6.07) is 4.16. The summed E-state index contributed by atoms with van der Waals surface area (Å²) in [6.07, 6.45) is 2.55. The van der Waals surface area contributed by atoms with Gasteiger partial charge >= 0.3 is 0 Å². The van der Waals surface area contributed by atoms with Crippen LogP contribution in [0.1, 0.15) is 24.2 Å². The monoisotopic (exact) mass is 235 g/mol. The molecule has 0 amide bonds. The Kier molecular flexibility index (Phi) is 3.97. The molecular formula is C13H21N3O. The van der Waals surface area contributed by atoms with Gasteiger partial charge in [0.2, 0.25) is 0 Å². The summed E-state index contributed by atoms with van der Waals surface area (Å²) >= 11 is 0.